The maximum atomic E-state index is 13.2. The number of hydrogen-bond donors (Lipinski definition) is 2. The minimum absolute atomic E-state index is 0.0291. The van der Waals surface area contributed by atoms with Crippen LogP contribution in [0.1, 0.15) is 29.5 Å². The van der Waals surface area contributed by atoms with Gasteiger partial charge in [0.1, 0.15) is 5.75 Å². The van der Waals surface area contributed by atoms with Gasteiger partial charge in [-0.2, -0.15) is 0 Å². The highest BCUT2D eigenvalue weighted by molar-refractivity contribution is 7.92. The van der Waals surface area contributed by atoms with Crippen molar-refractivity contribution in [3.63, 3.8) is 0 Å². The van der Waals surface area contributed by atoms with Gasteiger partial charge in [0.25, 0.3) is 10.0 Å². The van der Waals surface area contributed by atoms with Gasteiger partial charge in [-0.25, -0.2) is 8.42 Å². The SMILES string of the molecule is COc1cccc(NS(=O)(=O)c2ccc3c(c2)[C@H]2C=CC[C@H]2[C@@H](c2cc(OC)c(OC)c(OC)c2)N3)c1. The molecule has 0 saturated heterocycles. The Balaban J connectivity index is 1.49. The number of ether oxygens (including phenoxy) is 4. The molecule has 3 aromatic rings. The van der Waals surface area contributed by atoms with Gasteiger partial charge in [0.15, 0.2) is 11.5 Å². The number of nitrogens with one attached hydrogen (secondary N) is 2. The van der Waals surface area contributed by atoms with E-state index < -0.39 is 10.0 Å². The zero-order valence-corrected chi connectivity index (χ0v) is 22.0. The van der Waals surface area contributed by atoms with E-state index >= 15 is 0 Å². The summed E-state index contributed by atoms with van der Waals surface area (Å²) in [4.78, 5) is 0.209. The molecule has 1 aliphatic carbocycles. The van der Waals surface area contributed by atoms with Crippen LogP contribution in [0.25, 0.3) is 0 Å². The number of fused-ring (bicyclic) bond motifs is 3. The summed E-state index contributed by atoms with van der Waals surface area (Å²) in [6.45, 7) is 0. The first-order valence-corrected chi connectivity index (χ1v) is 13.4. The molecule has 0 aromatic heterocycles. The summed E-state index contributed by atoms with van der Waals surface area (Å²) in [6, 6.07) is 16.0. The smallest absolute Gasteiger partial charge is 0.261 e. The third-order valence-corrected chi connectivity index (χ3v) is 8.39. The Hall–Kier alpha value is -3.85. The molecule has 37 heavy (non-hydrogen) atoms. The fraction of sp³-hybridized carbons (Fsp3) is 0.286. The van der Waals surface area contributed by atoms with E-state index in [0.29, 0.717) is 28.7 Å². The van der Waals surface area contributed by atoms with Crippen LogP contribution in [-0.2, 0) is 10.0 Å². The van der Waals surface area contributed by atoms with Gasteiger partial charge in [0, 0.05) is 17.7 Å². The van der Waals surface area contributed by atoms with Crippen molar-refractivity contribution in [1.82, 2.24) is 0 Å². The number of rotatable bonds is 8. The van der Waals surface area contributed by atoms with Crippen LogP contribution >= 0.6 is 0 Å². The Morgan fingerprint density at radius 1 is 0.892 bits per heavy atom. The molecule has 0 saturated carbocycles. The van der Waals surface area contributed by atoms with E-state index in [1.807, 2.05) is 18.2 Å². The Bertz CT molecular complexity index is 1430. The zero-order chi connectivity index (χ0) is 26.2. The number of benzene rings is 3. The summed E-state index contributed by atoms with van der Waals surface area (Å²) >= 11 is 0. The molecule has 0 bridgehead atoms. The van der Waals surface area contributed by atoms with Crippen LogP contribution in [0, 0.1) is 5.92 Å². The number of hydrogen-bond acceptors (Lipinski definition) is 7. The summed E-state index contributed by atoms with van der Waals surface area (Å²) in [6.07, 6.45) is 5.19. The third kappa shape index (κ3) is 4.55. The van der Waals surface area contributed by atoms with Crippen LogP contribution in [0.5, 0.6) is 23.0 Å². The predicted molar refractivity (Wildman–Crippen MR) is 143 cm³/mol. The first-order chi connectivity index (χ1) is 17.9. The quantitative estimate of drug-likeness (QED) is 0.385. The number of anilines is 2. The van der Waals surface area contributed by atoms with E-state index in [-0.39, 0.29) is 22.8 Å². The Morgan fingerprint density at radius 2 is 1.65 bits per heavy atom. The van der Waals surface area contributed by atoms with Gasteiger partial charge in [-0.05, 0) is 65.9 Å². The maximum Gasteiger partial charge on any atom is 0.261 e. The molecule has 0 spiro atoms. The summed E-state index contributed by atoms with van der Waals surface area (Å²) in [5.74, 6) is 2.57. The fourth-order valence-corrected chi connectivity index (χ4v) is 6.34. The van der Waals surface area contributed by atoms with Crippen molar-refractivity contribution in [2.24, 2.45) is 5.92 Å². The van der Waals surface area contributed by atoms with E-state index in [4.69, 9.17) is 18.9 Å². The highest BCUT2D eigenvalue weighted by atomic mass is 32.2. The van der Waals surface area contributed by atoms with Gasteiger partial charge in [-0.15, -0.1) is 0 Å². The maximum absolute atomic E-state index is 13.2. The normalized spacial score (nSPS) is 19.8. The molecule has 8 nitrogen and oxygen atoms in total. The summed E-state index contributed by atoms with van der Waals surface area (Å²) in [5, 5.41) is 3.64. The average Bonchev–Trinajstić information content (AvgIpc) is 3.41. The molecule has 5 rings (SSSR count). The lowest BCUT2D eigenvalue weighted by atomic mass is 9.77. The highest BCUT2D eigenvalue weighted by Gasteiger charge is 2.39. The van der Waals surface area contributed by atoms with Gasteiger partial charge < -0.3 is 24.3 Å². The van der Waals surface area contributed by atoms with Crippen molar-refractivity contribution < 1.29 is 27.4 Å². The first-order valence-electron chi connectivity index (χ1n) is 11.9. The molecule has 2 N–H and O–H groups in total. The van der Waals surface area contributed by atoms with Gasteiger partial charge in [-0.3, -0.25) is 4.72 Å². The molecular weight excluding hydrogens is 492 g/mol. The van der Waals surface area contributed by atoms with Crippen molar-refractivity contribution in [2.45, 2.75) is 23.3 Å². The van der Waals surface area contributed by atoms with Gasteiger partial charge in [0.2, 0.25) is 5.75 Å². The van der Waals surface area contributed by atoms with Crippen LogP contribution in [0.2, 0.25) is 0 Å². The van der Waals surface area contributed by atoms with Gasteiger partial charge in [0.05, 0.1) is 45.1 Å². The van der Waals surface area contributed by atoms with Crippen LogP contribution in [-0.4, -0.2) is 36.9 Å². The van der Waals surface area contributed by atoms with Crippen molar-refractivity contribution in [3.05, 3.63) is 77.9 Å². The molecule has 0 unspecified atom stereocenters. The Morgan fingerprint density at radius 3 is 2.32 bits per heavy atom. The van der Waals surface area contributed by atoms with Crippen LogP contribution in [0.3, 0.4) is 0 Å². The van der Waals surface area contributed by atoms with E-state index in [0.717, 1.165) is 23.2 Å². The molecule has 1 aliphatic heterocycles. The Labute approximate surface area is 217 Å². The lowest BCUT2D eigenvalue weighted by Gasteiger charge is -2.38. The third-order valence-electron chi connectivity index (χ3n) is 7.01. The Kier molecular flexibility index (Phi) is 6.64. The van der Waals surface area contributed by atoms with Gasteiger partial charge in [-0.1, -0.05) is 18.2 Å². The molecule has 0 radical (unpaired) electrons. The van der Waals surface area contributed by atoms with Gasteiger partial charge >= 0.3 is 0 Å². The largest absolute Gasteiger partial charge is 0.497 e. The molecule has 0 amide bonds. The lowest BCUT2D eigenvalue weighted by Crippen LogP contribution is -2.29. The monoisotopic (exact) mass is 522 g/mol. The van der Waals surface area contributed by atoms with Crippen LogP contribution < -0.4 is 29.0 Å². The molecule has 9 heteroatoms. The van der Waals surface area contributed by atoms with Crippen LogP contribution in [0.15, 0.2) is 71.6 Å². The molecule has 1 heterocycles. The number of sulfonamides is 1. The van der Waals surface area contributed by atoms with E-state index in [9.17, 15) is 8.42 Å². The van der Waals surface area contributed by atoms with Crippen molar-refractivity contribution >= 4 is 21.4 Å². The van der Waals surface area contributed by atoms with Crippen LogP contribution in [0.4, 0.5) is 11.4 Å². The van der Waals surface area contributed by atoms with E-state index in [1.54, 1.807) is 64.8 Å². The highest BCUT2D eigenvalue weighted by Crippen LogP contribution is 2.52. The fourth-order valence-electron chi connectivity index (χ4n) is 5.25. The minimum Gasteiger partial charge on any atom is -0.497 e. The molecular formula is C28H30N2O6S. The molecule has 3 aromatic carbocycles. The van der Waals surface area contributed by atoms with Crippen molar-refractivity contribution in [3.8, 4) is 23.0 Å². The van der Waals surface area contributed by atoms with Crippen molar-refractivity contribution in [1.29, 1.82) is 0 Å². The second-order valence-corrected chi connectivity index (χ2v) is 10.7. The van der Waals surface area contributed by atoms with Crippen molar-refractivity contribution in [2.75, 3.05) is 38.5 Å². The van der Waals surface area contributed by atoms with E-state index in [2.05, 4.69) is 22.2 Å². The molecule has 0 fully saturated rings. The molecule has 2 aliphatic rings. The summed E-state index contributed by atoms with van der Waals surface area (Å²) in [7, 11) is 2.54. The lowest BCUT2D eigenvalue weighted by molar-refractivity contribution is 0.322. The topological polar surface area (TPSA) is 95.1 Å². The molecule has 194 valence electrons. The summed E-state index contributed by atoms with van der Waals surface area (Å²) in [5.41, 5.74) is 3.30. The van der Waals surface area contributed by atoms with E-state index in [1.165, 1.54) is 0 Å². The predicted octanol–water partition coefficient (Wildman–Crippen LogP) is 5.35. The first kappa shape index (κ1) is 24.8. The number of methoxy groups -OCH3 is 4. The summed E-state index contributed by atoms with van der Waals surface area (Å²) < 4.78 is 51.0. The zero-order valence-electron chi connectivity index (χ0n) is 21.1. The standard InChI is InChI=1S/C28H30N2O6S/c1-33-19-8-5-7-18(15-19)30-37(31,32)20-11-12-24-23(16-20)21-9-6-10-22(21)27(29-24)17-13-25(34-2)28(36-4)26(14-17)35-3/h5-9,11-16,21-22,27,29-30H,10H2,1-4H3/t21-,22+,27+/m0/s1. The second-order valence-electron chi connectivity index (χ2n) is 9.02. The number of allylic oxidation sites excluding steroid dienone is 2. The minimum atomic E-state index is -3.80. The second kappa shape index (κ2) is 9.89. The molecule has 3 atom stereocenters. The average molecular weight is 523 g/mol.